The van der Waals surface area contributed by atoms with Gasteiger partial charge in [-0.1, -0.05) is 18.7 Å². The highest BCUT2D eigenvalue weighted by Crippen LogP contribution is 2.25. The predicted molar refractivity (Wildman–Crippen MR) is 96.3 cm³/mol. The molecule has 0 aliphatic rings. The topological polar surface area (TPSA) is 64.8 Å². The Hall–Kier alpha value is -2.19. The van der Waals surface area contributed by atoms with Gasteiger partial charge in [-0.3, -0.25) is 0 Å². The zero-order valence-electron chi connectivity index (χ0n) is 13.7. The Balaban J connectivity index is 2.04. The van der Waals surface area contributed by atoms with Crippen LogP contribution in [0.5, 0.6) is 0 Å². The summed E-state index contributed by atoms with van der Waals surface area (Å²) in [5.41, 5.74) is 1.43. The SMILES string of the molecule is CCSc1nc(-c2ccc(F)cc2)nn1-c1ccc(S(C)(=O)=O)cc1. The fourth-order valence-corrected chi connectivity index (χ4v) is 3.55. The van der Waals surface area contributed by atoms with Gasteiger partial charge in [-0.25, -0.2) is 22.5 Å². The first-order valence-electron chi connectivity index (χ1n) is 7.55. The fourth-order valence-electron chi connectivity index (χ4n) is 2.24. The van der Waals surface area contributed by atoms with Gasteiger partial charge in [0, 0.05) is 11.8 Å². The van der Waals surface area contributed by atoms with E-state index in [0.717, 1.165) is 5.75 Å². The molecule has 1 aromatic heterocycles. The minimum atomic E-state index is -3.25. The number of rotatable bonds is 5. The molecule has 1 heterocycles. The average Bonchev–Trinajstić information content (AvgIpc) is 2.99. The van der Waals surface area contributed by atoms with Crippen LogP contribution < -0.4 is 0 Å². The van der Waals surface area contributed by atoms with Crippen LogP contribution in [0.15, 0.2) is 58.6 Å². The lowest BCUT2D eigenvalue weighted by atomic mass is 10.2. The van der Waals surface area contributed by atoms with Crippen molar-refractivity contribution in [2.45, 2.75) is 17.0 Å². The third-order valence-corrected chi connectivity index (χ3v) is 5.40. The van der Waals surface area contributed by atoms with Crippen LogP contribution in [0, 0.1) is 5.82 Å². The summed E-state index contributed by atoms with van der Waals surface area (Å²) in [5, 5.41) is 5.19. The van der Waals surface area contributed by atoms with E-state index in [2.05, 4.69) is 10.1 Å². The van der Waals surface area contributed by atoms with E-state index < -0.39 is 9.84 Å². The summed E-state index contributed by atoms with van der Waals surface area (Å²) in [6.07, 6.45) is 1.17. The first-order chi connectivity index (χ1) is 11.9. The van der Waals surface area contributed by atoms with Gasteiger partial charge in [-0.15, -0.1) is 5.10 Å². The van der Waals surface area contributed by atoms with E-state index in [-0.39, 0.29) is 10.7 Å². The Morgan fingerprint density at radius 3 is 2.28 bits per heavy atom. The van der Waals surface area contributed by atoms with Gasteiger partial charge < -0.3 is 0 Å². The molecule has 3 aromatic rings. The van der Waals surface area contributed by atoms with Crippen molar-refractivity contribution < 1.29 is 12.8 Å². The minimum absolute atomic E-state index is 0.250. The highest BCUT2D eigenvalue weighted by molar-refractivity contribution is 7.99. The number of hydrogen-bond acceptors (Lipinski definition) is 5. The van der Waals surface area contributed by atoms with Crippen LogP contribution in [0.4, 0.5) is 4.39 Å². The van der Waals surface area contributed by atoms with Gasteiger partial charge >= 0.3 is 0 Å². The number of halogens is 1. The normalized spacial score (nSPS) is 11.6. The van der Waals surface area contributed by atoms with Gasteiger partial charge in [0.15, 0.2) is 20.8 Å². The summed E-state index contributed by atoms with van der Waals surface area (Å²) in [6, 6.07) is 12.5. The summed E-state index contributed by atoms with van der Waals surface area (Å²) in [5.74, 6) is 0.981. The molecule has 0 saturated carbocycles. The summed E-state index contributed by atoms with van der Waals surface area (Å²) in [6.45, 7) is 2.01. The van der Waals surface area contributed by atoms with Gasteiger partial charge in [0.05, 0.1) is 10.6 Å². The van der Waals surface area contributed by atoms with Crippen LogP contribution >= 0.6 is 11.8 Å². The molecule has 2 aromatic carbocycles. The number of nitrogens with zero attached hydrogens (tertiary/aromatic N) is 3. The van der Waals surface area contributed by atoms with Crippen molar-refractivity contribution in [3.05, 3.63) is 54.3 Å². The highest BCUT2D eigenvalue weighted by atomic mass is 32.2. The molecule has 0 bridgehead atoms. The summed E-state index contributed by atoms with van der Waals surface area (Å²) in [4.78, 5) is 4.77. The van der Waals surface area contributed by atoms with Crippen molar-refractivity contribution in [1.82, 2.24) is 14.8 Å². The molecule has 25 heavy (non-hydrogen) atoms. The number of aromatic nitrogens is 3. The van der Waals surface area contributed by atoms with Crippen LogP contribution in [0.1, 0.15) is 6.92 Å². The van der Waals surface area contributed by atoms with Crippen LogP contribution in [0.2, 0.25) is 0 Å². The number of hydrogen-bond donors (Lipinski definition) is 0. The monoisotopic (exact) mass is 377 g/mol. The van der Waals surface area contributed by atoms with Crippen molar-refractivity contribution in [2.24, 2.45) is 0 Å². The smallest absolute Gasteiger partial charge is 0.191 e. The Morgan fingerprint density at radius 1 is 1.08 bits per heavy atom. The van der Waals surface area contributed by atoms with E-state index >= 15 is 0 Å². The van der Waals surface area contributed by atoms with Crippen LogP contribution in [-0.2, 0) is 9.84 Å². The Bertz CT molecular complexity index is 982. The summed E-state index contributed by atoms with van der Waals surface area (Å²) in [7, 11) is -3.25. The van der Waals surface area contributed by atoms with E-state index in [1.807, 2.05) is 6.92 Å². The zero-order chi connectivity index (χ0) is 18.0. The van der Waals surface area contributed by atoms with Gasteiger partial charge in [0.25, 0.3) is 0 Å². The molecule has 5 nitrogen and oxygen atoms in total. The largest absolute Gasteiger partial charge is 0.224 e. The van der Waals surface area contributed by atoms with Crippen LogP contribution in [-0.4, -0.2) is 35.2 Å². The maximum atomic E-state index is 13.1. The van der Waals surface area contributed by atoms with Crippen LogP contribution in [0.25, 0.3) is 17.1 Å². The molecule has 3 rings (SSSR count). The maximum absolute atomic E-state index is 13.1. The van der Waals surface area contributed by atoms with Crippen LogP contribution in [0.3, 0.4) is 0 Å². The molecule has 8 heteroatoms. The van der Waals surface area contributed by atoms with Crippen molar-refractivity contribution in [2.75, 3.05) is 12.0 Å². The quantitative estimate of drug-likeness (QED) is 0.636. The molecule has 0 atom stereocenters. The molecule has 0 radical (unpaired) electrons. The van der Waals surface area contributed by atoms with E-state index in [9.17, 15) is 12.8 Å². The van der Waals surface area contributed by atoms with E-state index in [0.29, 0.717) is 22.2 Å². The van der Waals surface area contributed by atoms with Crippen molar-refractivity contribution >= 4 is 21.6 Å². The summed E-state index contributed by atoms with van der Waals surface area (Å²) < 4.78 is 38.0. The Morgan fingerprint density at radius 2 is 1.72 bits per heavy atom. The molecular formula is C17H16FN3O2S2. The molecule has 0 aliphatic carbocycles. The van der Waals surface area contributed by atoms with E-state index in [1.165, 1.54) is 30.2 Å². The molecule has 0 N–H and O–H groups in total. The second-order valence-electron chi connectivity index (χ2n) is 5.34. The van der Waals surface area contributed by atoms with Gasteiger partial charge in [0.1, 0.15) is 5.82 Å². The average molecular weight is 377 g/mol. The maximum Gasteiger partial charge on any atom is 0.191 e. The number of thioether (sulfide) groups is 1. The molecule has 0 spiro atoms. The molecule has 0 fully saturated rings. The van der Waals surface area contributed by atoms with E-state index in [1.54, 1.807) is 41.1 Å². The highest BCUT2D eigenvalue weighted by Gasteiger charge is 2.14. The predicted octanol–water partition coefficient (Wildman–Crippen LogP) is 3.59. The van der Waals surface area contributed by atoms with Gasteiger partial charge in [-0.05, 0) is 54.3 Å². The third kappa shape index (κ3) is 3.91. The van der Waals surface area contributed by atoms with Gasteiger partial charge in [0.2, 0.25) is 0 Å². The lowest BCUT2D eigenvalue weighted by Gasteiger charge is -2.05. The minimum Gasteiger partial charge on any atom is -0.224 e. The van der Waals surface area contributed by atoms with E-state index in [4.69, 9.17) is 0 Å². The first kappa shape index (κ1) is 17.6. The number of sulfone groups is 1. The molecule has 0 saturated heterocycles. The molecular weight excluding hydrogens is 361 g/mol. The third-order valence-electron chi connectivity index (χ3n) is 3.46. The summed E-state index contributed by atoms with van der Waals surface area (Å²) >= 11 is 1.52. The molecule has 130 valence electrons. The molecule has 0 aliphatic heterocycles. The fraction of sp³-hybridized carbons (Fsp3) is 0.176. The van der Waals surface area contributed by atoms with Crippen molar-refractivity contribution in [1.29, 1.82) is 0 Å². The standard InChI is InChI=1S/C17H16FN3O2S2/c1-3-24-17-19-16(12-4-6-13(18)7-5-12)20-21(17)14-8-10-15(11-9-14)25(2,22)23/h4-11H,3H2,1-2H3. The zero-order valence-corrected chi connectivity index (χ0v) is 15.3. The van der Waals surface area contributed by atoms with Gasteiger partial charge in [-0.2, -0.15) is 0 Å². The van der Waals surface area contributed by atoms with Crippen molar-refractivity contribution in [3.63, 3.8) is 0 Å². The lowest BCUT2D eigenvalue weighted by Crippen LogP contribution is -2.01. The molecule has 0 amide bonds. The lowest BCUT2D eigenvalue weighted by molar-refractivity contribution is 0.602. The Kier molecular flexibility index (Phi) is 4.91. The molecule has 0 unspecified atom stereocenters. The second-order valence-corrected chi connectivity index (χ2v) is 8.58. The second kappa shape index (κ2) is 6.97. The first-order valence-corrected chi connectivity index (χ1v) is 10.4. The Labute approximate surface area is 149 Å². The number of benzene rings is 2. The van der Waals surface area contributed by atoms with Crippen molar-refractivity contribution in [3.8, 4) is 17.1 Å².